The van der Waals surface area contributed by atoms with E-state index in [1.165, 1.54) is 7.11 Å². The fraction of sp³-hybridized carbons (Fsp3) is 0.857. The van der Waals surface area contributed by atoms with Gasteiger partial charge in [-0.15, -0.1) is 0 Å². The Morgan fingerprint density at radius 1 is 1.28 bits per heavy atom. The first-order valence-electron chi connectivity index (χ1n) is 6.54. The summed E-state index contributed by atoms with van der Waals surface area (Å²) >= 11 is 0. The number of esters is 1. The number of carbonyl (C=O) groups excluding carboxylic acids is 2. The van der Waals surface area contributed by atoms with Gasteiger partial charge in [0.25, 0.3) is 0 Å². The second-order valence-electron chi connectivity index (χ2n) is 6.06. The minimum Gasteiger partial charge on any atom is -0.468 e. The van der Waals surface area contributed by atoms with Crippen molar-refractivity contribution in [2.75, 3.05) is 20.2 Å². The quantitative estimate of drug-likeness (QED) is 0.687. The van der Waals surface area contributed by atoms with E-state index >= 15 is 0 Å². The fourth-order valence-corrected chi connectivity index (χ4v) is 2.14. The Labute approximate surface area is 111 Å². The smallest absolute Gasteiger partial charge is 0.325 e. The number of ether oxygens (including phenoxy) is 1. The van der Waals surface area contributed by atoms with Gasteiger partial charge in [-0.1, -0.05) is 27.7 Å². The lowest BCUT2D eigenvalue weighted by Gasteiger charge is -2.25. The maximum absolute atomic E-state index is 12.0. The summed E-state index contributed by atoms with van der Waals surface area (Å²) in [4.78, 5) is 24.8. The maximum Gasteiger partial charge on any atom is 0.325 e. The highest BCUT2D eigenvalue weighted by Crippen LogP contribution is 2.26. The van der Waals surface area contributed by atoms with Gasteiger partial charge in [-0.05, 0) is 24.7 Å². The summed E-state index contributed by atoms with van der Waals surface area (Å²) in [6.07, 6.45) is 1.48. The van der Waals surface area contributed by atoms with Crippen molar-refractivity contribution in [3.05, 3.63) is 0 Å². The average Bonchev–Trinajstić information content (AvgIpc) is 2.22. The summed E-state index contributed by atoms with van der Waals surface area (Å²) in [6.45, 7) is 11.0. The zero-order chi connectivity index (χ0) is 14.3. The zero-order valence-electron chi connectivity index (χ0n) is 12.6. The highest BCUT2D eigenvalue weighted by molar-refractivity contribution is 5.82. The molecule has 0 aromatic heterocycles. The van der Waals surface area contributed by atoms with Crippen molar-refractivity contribution in [3.8, 4) is 0 Å². The SMILES string of the molecule is CCN(CC(=O)OC)C(=O)CC(C)CC(C)(C)C. The molecule has 1 amide bonds. The highest BCUT2D eigenvalue weighted by Gasteiger charge is 2.21. The number of methoxy groups -OCH3 is 1. The molecule has 0 heterocycles. The molecule has 0 aromatic carbocycles. The summed E-state index contributed by atoms with van der Waals surface area (Å²) in [5.74, 6) is -0.0162. The lowest BCUT2D eigenvalue weighted by Crippen LogP contribution is -2.37. The van der Waals surface area contributed by atoms with E-state index in [0.717, 1.165) is 6.42 Å². The van der Waals surface area contributed by atoms with Crippen molar-refractivity contribution in [2.24, 2.45) is 11.3 Å². The van der Waals surface area contributed by atoms with Gasteiger partial charge in [-0.25, -0.2) is 0 Å². The van der Waals surface area contributed by atoms with E-state index < -0.39 is 0 Å². The van der Waals surface area contributed by atoms with Gasteiger partial charge in [0.05, 0.1) is 7.11 Å². The molecule has 0 saturated carbocycles. The molecule has 0 aliphatic rings. The van der Waals surface area contributed by atoms with Crippen LogP contribution in [0.2, 0.25) is 0 Å². The molecule has 1 unspecified atom stereocenters. The summed E-state index contributed by atoms with van der Waals surface area (Å²) in [7, 11) is 1.34. The number of likely N-dealkylation sites (N-methyl/N-ethyl adjacent to an activating group) is 1. The van der Waals surface area contributed by atoms with E-state index in [0.29, 0.717) is 18.9 Å². The Hall–Kier alpha value is -1.06. The van der Waals surface area contributed by atoms with E-state index in [4.69, 9.17) is 0 Å². The second kappa shape index (κ2) is 7.39. The number of amides is 1. The Morgan fingerprint density at radius 3 is 2.22 bits per heavy atom. The van der Waals surface area contributed by atoms with Crippen LogP contribution in [0.3, 0.4) is 0 Å². The summed E-state index contributed by atoms with van der Waals surface area (Å²) < 4.78 is 4.59. The van der Waals surface area contributed by atoms with Crippen molar-refractivity contribution >= 4 is 11.9 Å². The molecule has 0 spiro atoms. The third kappa shape index (κ3) is 7.30. The Kier molecular flexibility index (Phi) is 6.96. The molecule has 0 radical (unpaired) electrons. The molecule has 0 aliphatic heterocycles. The molecule has 4 heteroatoms. The van der Waals surface area contributed by atoms with E-state index in [2.05, 4.69) is 32.4 Å². The van der Waals surface area contributed by atoms with Crippen LogP contribution in [0.5, 0.6) is 0 Å². The molecular formula is C14H27NO3. The molecule has 0 aliphatic carbocycles. The molecule has 0 bridgehead atoms. The predicted octanol–water partition coefficient (Wildman–Crippen LogP) is 2.47. The van der Waals surface area contributed by atoms with Crippen LogP contribution in [0, 0.1) is 11.3 Å². The minimum absolute atomic E-state index is 0.0275. The van der Waals surface area contributed by atoms with Crippen molar-refractivity contribution in [1.29, 1.82) is 0 Å². The third-order valence-electron chi connectivity index (χ3n) is 2.77. The highest BCUT2D eigenvalue weighted by atomic mass is 16.5. The average molecular weight is 257 g/mol. The van der Waals surface area contributed by atoms with Gasteiger partial charge in [-0.2, -0.15) is 0 Å². The van der Waals surface area contributed by atoms with Crippen molar-refractivity contribution in [2.45, 2.75) is 47.5 Å². The van der Waals surface area contributed by atoms with Gasteiger partial charge < -0.3 is 9.64 Å². The van der Waals surface area contributed by atoms with E-state index in [1.54, 1.807) is 4.90 Å². The van der Waals surface area contributed by atoms with Gasteiger partial charge in [0.1, 0.15) is 6.54 Å². The van der Waals surface area contributed by atoms with Gasteiger partial charge >= 0.3 is 5.97 Å². The molecule has 0 rings (SSSR count). The van der Waals surface area contributed by atoms with E-state index in [9.17, 15) is 9.59 Å². The number of hydrogen-bond acceptors (Lipinski definition) is 3. The molecule has 0 saturated heterocycles. The standard InChI is InChI=1S/C14H27NO3/c1-7-15(10-13(17)18-6)12(16)8-11(2)9-14(3,4)5/h11H,7-10H2,1-6H3. The van der Waals surface area contributed by atoms with Crippen molar-refractivity contribution < 1.29 is 14.3 Å². The Balaban J connectivity index is 4.31. The molecule has 0 fully saturated rings. The lowest BCUT2D eigenvalue weighted by molar-refractivity contribution is -0.147. The van der Waals surface area contributed by atoms with Gasteiger partial charge in [0, 0.05) is 13.0 Å². The van der Waals surface area contributed by atoms with Crippen LogP contribution in [0.1, 0.15) is 47.5 Å². The van der Waals surface area contributed by atoms with Crippen LogP contribution in [-0.4, -0.2) is 37.0 Å². The first kappa shape index (κ1) is 16.9. The maximum atomic E-state index is 12.0. The van der Waals surface area contributed by atoms with Crippen LogP contribution in [0.15, 0.2) is 0 Å². The van der Waals surface area contributed by atoms with Crippen LogP contribution in [0.25, 0.3) is 0 Å². The summed E-state index contributed by atoms with van der Waals surface area (Å²) in [5.41, 5.74) is 0.221. The predicted molar refractivity (Wildman–Crippen MR) is 72.1 cm³/mol. The minimum atomic E-state index is -0.367. The summed E-state index contributed by atoms with van der Waals surface area (Å²) in [5, 5.41) is 0. The van der Waals surface area contributed by atoms with Crippen molar-refractivity contribution in [3.63, 3.8) is 0 Å². The van der Waals surface area contributed by atoms with Gasteiger partial charge in [0.15, 0.2) is 0 Å². The molecule has 0 aromatic rings. The van der Waals surface area contributed by atoms with Crippen LogP contribution in [-0.2, 0) is 14.3 Å². The summed E-state index contributed by atoms with van der Waals surface area (Å²) in [6, 6.07) is 0. The molecular weight excluding hydrogens is 230 g/mol. The second-order valence-corrected chi connectivity index (χ2v) is 6.06. The lowest BCUT2D eigenvalue weighted by atomic mass is 9.84. The molecule has 0 N–H and O–H groups in total. The van der Waals surface area contributed by atoms with E-state index in [1.807, 2.05) is 6.92 Å². The first-order valence-corrected chi connectivity index (χ1v) is 6.54. The van der Waals surface area contributed by atoms with Crippen LogP contribution >= 0.6 is 0 Å². The number of rotatable bonds is 6. The van der Waals surface area contributed by atoms with Crippen LogP contribution in [0.4, 0.5) is 0 Å². The molecule has 4 nitrogen and oxygen atoms in total. The number of hydrogen-bond donors (Lipinski definition) is 0. The number of nitrogens with zero attached hydrogens (tertiary/aromatic N) is 1. The Bertz CT molecular complexity index is 281. The van der Waals surface area contributed by atoms with Gasteiger partial charge in [-0.3, -0.25) is 9.59 Å². The van der Waals surface area contributed by atoms with Gasteiger partial charge in [0.2, 0.25) is 5.91 Å². The molecule has 1 atom stereocenters. The molecule has 106 valence electrons. The zero-order valence-corrected chi connectivity index (χ0v) is 12.6. The number of carbonyl (C=O) groups is 2. The normalized spacial score (nSPS) is 13.0. The topological polar surface area (TPSA) is 46.6 Å². The molecule has 18 heavy (non-hydrogen) atoms. The Morgan fingerprint density at radius 2 is 1.83 bits per heavy atom. The fourth-order valence-electron chi connectivity index (χ4n) is 2.14. The van der Waals surface area contributed by atoms with E-state index in [-0.39, 0.29) is 23.8 Å². The third-order valence-corrected chi connectivity index (χ3v) is 2.77. The first-order chi connectivity index (χ1) is 8.19. The largest absolute Gasteiger partial charge is 0.468 e. The van der Waals surface area contributed by atoms with Crippen molar-refractivity contribution in [1.82, 2.24) is 4.90 Å². The monoisotopic (exact) mass is 257 g/mol. The van der Waals surface area contributed by atoms with Crippen LogP contribution < -0.4 is 0 Å².